The maximum atomic E-state index is 13.5. The SMILES string of the molecule is CC(OC(=O)/C=C/c1cc(Br)ccc1F)C(=O)NCc1ccco1. The van der Waals surface area contributed by atoms with E-state index in [2.05, 4.69) is 21.2 Å². The highest BCUT2D eigenvalue weighted by Gasteiger charge is 2.16. The molecule has 0 spiro atoms. The van der Waals surface area contributed by atoms with Gasteiger partial charge in [-0.2, -0.15) is 0 Å². The average Bonchev–Trinajstić information content (AvgIpc) is 3.06. The number of ether oxygens (including phenoxy) is 1. The minimum absolute atomic E-state index is 0.201. The Morgan fingerprint density at radius 2 is 2.21 bits per heavy atom. The Morgan fingerprint density at radius 1 is 1.42 bits per heavy atom. The van der Waals surface area contributed by atoms with Gasteiger partial charge < -0.3 is 14.5 Å². The van der Waals surface area contributed by atoms with Gasteiger partial charge in [-0.1, -0.05) is 15.9 Å². The van der Waals surface area contributed by atoms with E-state index in [0.29, 0.717) is 10.2 Å². The molecule has 0 saturated carbocycles. The van der Waals surface area contributed by atoms with E-state index in [0.717, 1.165) is 6.08 Å². The van der Waals surface area contributed by atoms with Crippen molar-refractivity contribution >= 4 is 33.9 Å². The molecule has 0 aliphatic heterocycles. The number of hydrogen-bond donors (Lipinski definition) is 1. The maximum absolute atomic E-state index is 13.5. The number of carbonyl (C=O) groups is 2. The third-order valence-corrected chi connectivity index (χ3v) is 3.53. The highest BCUT2D eigenvalue weighted by molar-refractivity contribution is 9.10. The Kier molecular flexibility index (Phi) is 6.31. The lowest BCUT2D eigenvalue weighted by Gasteiger charge is -2.11. The number of benzene rings is 1. The van der Waals surface area contributed by atoms with Crippen LogP contribution in [0.25, 0.3) is 6.08 Å². The Bertz CT molecular complexity index is 743. The van der Waals surface area contributed by atoms with E-state index in [1.54, 1.807) is 18.2 Å². The van der Waals surface area contributed by atoms with Gasteiger partial charge in [0.05, 0.1) is 12.8 Å². The van der Waals surface area contributed by atoms with Crippen LogP contribution in [0.3, 0.4) is 0 Å². The van der Waals surface area contributed by atoms with E-state index >= 15 is 0 Å². The molecule has 1 atom stereocenters. The fraction of sp³-hybridized carbons (Fsp3) is 0.176. The molecule has 1 amide bonds. The molecule has 1 aromatic carbocycles. The van der Waals surface area contributed by atoms with Crippen LogP contribution >= 0.6 is 15.9 Å². The van der Waals surface area contributed by atoms with Crippen molar-refractivity contribution in [2.24, 2.45) is 0 Å². The predicted molar refractivity (Wildman–Crippen MR) is 89.2 cm³/mol. The van der Waals surface area contributed by atoms with Gasteiger partial charge in [0.1, 0.15) is 11.6 Å². The van der Waals surface area contributed by atoms with Crippen molar-refractivity contribution in [1.82, 2.24) is 5.32 Å². The second-order valence-electron chi connectivity index (χ2n) is 4.88. The summed E-state index contributed by atoms with van der Waals surface area (Å²) in [6.45, 7) is 1.65. The van der Waals surface area contributed by atoms with Crippen LogP contribution in [0.4, 0.5) is 4.39 Å². The smallest absolute Gasteiger partial charge is 0.331 e. The first kappa shape index (κ1) is 17.9. The van der Waals surface area contributed by atoms with E-state index in [4.69, 9.17) is 9.15 Å². The zero-order valence-corrected chi connectivity index (χ0v) is 14.4. The van der Waals surface area contributed by atoms with Gasteiger partial charge in [0, 0.05) is 16.1 Å². The molecule has 1 heterocycles. The molecule has 0 aliphatic rings. The van der Waals surface area contributed by atoms with Crippen molar-refractivity contribution in [2.75, 3.05) is 0 Å². The largest absolute Gasteiger partial charge is 0.467 e. The molecule has 0 bridgehead atoms. The van der Waals surface area contributed by atoms with Gasteiger partial charge in [-0.05, 0) is 43.3 Å². The summed E-state index contributed by atoms with van der Waals surface area (Å²) in [7, 11) is 0. The summed E-state index contributed by atoms with van der Waals surface area (Å²) < 4.78 is 24.3. The second-order valence-corrected chi connectivity index (χ2v) is 5.79. The third kappa shape index (κ3) is 5.34. The Hall–Kier alpha value is -2.41. The van der Waals surface area contributed by atoms with Crippen LogP contribution in [0.1, 0.15) is 18.2 Å². The summed E-state index contributed by atoms with van der Waals surface area (Å²) >= 11 is 3.22. The standard InChI is InChI=1S/C17H15BrFNO4/c1-11(17(22)20-10-14-3-2-8-23-14)24-16(21)7-4-12-9-13(18)5-6-15(12)19/h2-9,11H,10H2,1H3,(H,20,22)/b7-4+. The van der Waals surface area contributed by atoms with Crippen molar-refractivity contribution < 1.29 is 23.1 Å². The molecule has 2 aromatic rings. The molecule has 0 aliphatic carbocycles. The molecule has 1 unspecified atom stereocenters. The van der Waals surface area contributed by atoms with Gasteiger partial charge in [-0.15, -0.1) is 0 Å². The highest BCUT2D eigenvalue weighted by Crippen LogP contribution is 2.16. The fourth-order valence-corrected chi connectivity index (χ4v) is 2.18. The van der Waals surface area contributed by atoms with Crippen LogP contribution < -0.4 is 5.32 Å². The van der Waals surface area contributed by atoms with Crippen LogP contribution in [0.5, 0.6) is 0 Å². The summed E-state index contributed by atoms with van der Waals surface area (Å²) in [6, 6.07) is 7.78. The number of esters is 1. The summed E-state index contributed by atoms with van der Waals surface area (Å²) in [6.07, 6.45) is 2.87. The lowest BCUT2D eigenvalue weighted by atomic mass is 10.2. The molecule has 126 valence electrons. The first-order valence-electron chi connectivity index (χ1n) is 7.09. The third-order valence-electron chi connectivity index (χ3n) is 3.04. The second kappa shape index (κ2) is 8.44. The number of furan rings is 1. The lowest BCUT2D eigenvalue weighted by molar-refractivity contribution is -0.150. The molecule has 7 heteroatoms. The van der Waals surface area contributed by atoms with Crippen LogP contribution in [-0.2, 0) is 20.9 Å². The van der Waals surface area contributed by atoms with Crippen LogP contribution in [0.15, 0.2) is 51.6 Å². The summed E-state index contributed by atoms with van der Waals surface area (Å²) in [5, 5.41) is 2.58. The summed E-state index contributed by atoms with van der Waals surface area (Å²) in [4.78, 5) is 23.5. The monoisotopic (exact) mass is 395 g/mol. The topological polar surface area (TPSA) is 68.5 Å². The van der Waals surface area contributed by atoms with Crippen LogP contribution in [0, 0.1) is 5.82 Å². The van der Waals surface area contributed by atoms with Crippen molar-refractivity contribution in [3.05, 3.63) is 64.3 Å². The number of nitrogens with one attached hydrogen (secondary N) is 1. The van der Waals surface area contributed by atoms with E-state index in [1.165, 1.54) is 31.4 Å². The fourth-order valence-electron chi connectivity index (χ4n) is 1.80. The van der Waals surface area contributed by atoms with Crippen molar-refractivity contribution in [1.29, 1.82) is 0 Å². The van der Waals surface area contributed by atoms with Gasteiger partial charge in [0.2, 0.25) is 0 Å². The number of halogens is 2. The van der Waals surface area contributed by atoms with Gasteiger partial charge in [0.15, 0.2) is 6.10 Å². The van der Waals surface area contributed by atoms with E-state index in [-0.39, 0.29) is 12.1 Å². The van der Waals surface area contributed by atoms with E-state index in [1.807, 2.05) is 0 Å². The number of rotatable bonds is 6. The molecular weight excluding hydrogens is 381 g/mol. The normalized spacial score (nSPS) is 12.1. The molecule has 1 aromatic heterocycles. The highest BCUT2D eigenvalue weighted by atomic mass is 79.9. The quantitative estimate of drug-likeness (QED) is 0.600. The van der Waals surface area contributed by atoms with E-state index < -0.39 is 23.8 Å². The molecule has 2 rings (SSSR count). The number of hydrogen-bond acceptors (Lipinski definition) is 4. The predicted octanol–water partition coefficient (Wildman–Crippen LogP) is 3.44. The zero-order chi connectivity index (χ0) is 17.5. The summed E-state index contributed by atoms with van der Waals surface area (Å²) in [5.74, 6) is -1.07. The lowest BCUT2D eigenvalue weighted by Crippen LogP contribution is -2.35. The number of carbonyl (C=O) groups excluding carboxylic acids is 2. The number of amides is 1. The maximum Gasteiger partial charge on any atom is 0.331 e. The van der Waals surface area contributed by atoms with Crippen molar-refractivity contribution in [2.45, 2.75) is 19.6 Å². The minimum atomic E-state index is -0.982. The van der Waals surface area contributed by atoms with Gasteiger partial charge >= 0.3 is 5.97 Å². The Labute approximate surface area is 146 Å². The van der Waals surface area contributed by atoms with E-state index in [9.17, 15) is 14.0 Å². The Morgan fingerprint density at radius 3 is 2.92 bits per heavy atom. The summed E-state index contributed by atoms with van der Waals surface area (Å²) in [5.41, 5.74) is 0.233. The molecule has 0 fully saturated rings. The van der Waals surface area contributed by atoms with Gasteiger partial charge in [-0.3, -0.25) is 4.79 Å². The van der Waals surface area contributed by atoms with Gasteiger partial charge in [-0.25, -0.2) is 9.18 Å². The molecule has 5 nitrogen and oxygen atoms in total. The van der Waals surface area contributed by atoms with Crippen LogP contribution in [0.2, 0.25) is 0 Å². The zero-order valence-electron chi connectivity index (χ0n) is 12.8. The van der Waals surface area contributed by atoms with Crippen molar-refractivity contribution in [3.63, 3.8) is 0 Å². The molecule has 24 heavy (non-hydrogen) atoms. The Balaban J connectivity index is 1.85. The minimum Gasteiger partial charge on any atom is -0.467 e. The molecule has 0 radical (unpaired) electrons. The molecule has 1 N–H and O–H groups in total. The first-order valence-corrected chi connectivity index (χ1v) is 7.89. The molecular formula is C17H15BrFNO4. The van der Waals surface area contributed by atoms with Gasteiger partial charge in [0.25, 0.3) is 5.91 Å². The molecule has 0 saturated heterocycles. The van der Waals surface area contributed by atoms with Crippen molar-refractivity contribution in [3.8, 4) is 0 Å². The van der Waals surface area contributed by atoms with Crippen LogP contribution in [-0.4, -0.2) is 18.0 Å². The average molecular weight is 396 g/mol. The first-order chi connectivity index (χ1) is 11.5.